The van der Waals surface area contributed by atoms with E-state index in [0.717, 1.165) is 4.88 Å². The first-order valence-corrected chi connectivity index (χ1v) is 9.23. The van der Waals surface area contributed by atoms with Gasteiger partial charge in [-0.25, -0.2) is 4.79 Å². The number of nitrogens with one attached hydrogen (secondary N) is 1. The number of nitrogens with zero attached hydrogens (tertiary/aromatic N) is 1. The van der Waals surface area contributed by atoms with Crippen LogP contribution in [0.15, 0.2) is 52.4 Å². The van der Waals surface area contributed by atoms with Gasteiger partial charge in [0.15, 0.2) is 5.76 Å². The Morgan fingerprint density at radius 2 is 2.07 bits per heavy atom. The number of carbonyl (C=O) groups is 2. The number of esters is 1. The summed E-state index contributed by atoms with van der Waals surface area (Å²) in [5.74, 6) is 0.106. The van der Waals surface area contributed by atoms with Crippen LogP contribution in [0.25, 0.3) is 10.6 Å². The van der Waals surface area contributed by atoms with Crippen LogP contribution in [-0.2, 0) is 16.1 Å². The molecule has 0 saturated carbocycles. The highest BCUT2D eigenvalue weighted by atomic mass is 35.5. The molecule has 2 aromatic heterocycles. The van der Waals surface area contributed by atoms with Gasteiger partial charge in [0.1, 0.15) is 12.3 Å². The molecule has 140 valence electrons. The number of rotatable bonds is 7. The highest BCUT2D eigenvalue weighted by Gasteiger charge is 2.19. The van der Waals surface area contributed by atoms with E-state index in [9.17, 15) is 9.59 Å². The molecule has 9 heteroatoms. The van der Waals surface area contributed by atoms with Crippen molar-refractivity contribution in [1.82, 2.24) is 10.5 Å². The van der Waals surface area contributed by atoms with Crippen LogP contribution >= 0.6 is 22.9 Å². The molecule has 0 fully saturated rings. The zero-order valence-electron chi connectivity index (χ0n) is 14.1. The van der Waals surface area contributed by atoms with E-state index in [1.165, 1.54) is 11.3 Å². The van der Waals surface area contributed by atoms with E-state index in [4.69, 9.17) is 26.6 Å². The highest BCUT2D eigenvalue weighted by molar-refractivity contribution is 7.13. The van der Waals surface area contributed by atoms with Crippen molar-refractivity contribution in [3.05, 3.63) is 64.1 Å². The van der Waals surface area contributed by atoms with E-state index in [1.807, 2.05) is 17.5 Å². The van der Waals surface area contributed by atoms with Crippen LogP contribution in [0.2, 0.25) is 5.02 Å². The summed E-state index contributed by atoms with van der Waals surface area (Å²) in [7, 11) is 0. The molecule has 0 spiro atoms. The maximum absolute atomic E-state index is 12.2. The Morgan fingerprint density at radius 3 is 2.74 bits per heavy atom. The Balaban J connectivity index is 1.59. The van der Waals surface area contributed by atoms with E-state index in [-0.39, 0.29) is 13.0 Å². The van der Waals surface area contributed by atoms with Crippen molar-refractivity contribution in [2.24, 2.45) is 5.73 Å². The summed E-state index contributed by atoms with van der Waals surface area (Å²) in [6.45, 7) is -0.0301. The van der Waals surface area contributed by atoms with Gasteiger partial charge in [0.25, 0.3) is 0 Å². The van der Waals surface area contributed by atoms with E-state index < -0.39 is 18.0 Å². The van der Waals surface area contributed by atoms with Gasteiger partial charge in [-0.3, -0.25) is 4.79 Å². The van der Waals surface area contributed by atoms with Gasteiger partial charge in [0.05, 0.1) is 17.3 Å². The third kappa shape index (κ3) is 5.32. The van der Waals surface area contributed by atoms with Gasteiger partial charge in [0, 0.05) is 11.1 Å². The van der Waals surface area contributed by atoms with Gasteiger partial charge in [0.2, 0.25) is 0 Å². The molecule has 0 aliphatic rings. The normalized spacial score (nSPS) is 11.7. The Bertz CT molecular complexity index is 909. The predicted octanol–water partition coefficient (Wildman–Crippen LogP) is 3.90. The molecule has 1 aromatic carbocycles. The minimum absolute atomic E-state index is 0.0301. The lowest BCUT2D eigenvalue weighted by Crippen LogP contribution is -2.34. The molecule has 0 bridgehead atoms. The average Bonchev–Trinajstić information content (AvgIpc) is 3.31. The largest absolute Gasteiger partial charge is 0.459 e. The third-order valence-corrected chi connectivity index (χ3v) is 4.80. The van der Waals surface area contributed by atoms with Gasteiger partial charge in [-0.15, -0.1) is 11.3 Å². The molecule has 0 unspecified atom stereocenters. The lowest BCUT2D eigenvalue weighted by molar-refractivity contribution is -0.145. The van der Waals surface area contributed by atoms with Gasteiger partial charge in [-0.1, -0.05) is 35.0 Å². The topological polar surface area (TPSA) is 107 Å². The zero-order chi connectivity index (χ0) is 19.2. The number of halogens is 1. The van der Waals surface area contributed by atoms with E-state index in [0.29, 0.717) is 22.0 Å². The van der Waals surface area contributed by atoms with Crippen LogP contribution < -0.4 is 11.1 Å². The van der Waals surface area contributed by atoms with Crippen LogP contribution in [-0.4, -0.2) is 17.2 Å². The molecule has 3 aromatic rings. The van der Waals surface area contributed by atoms with Crippen molar-refractivity contribution >= 4 is 34.9 Å². The number of primary amides is 1. The number of hydrogen-bond acceptors (Lipinski definition) is 6. The Morgan fingerprint density at radius 1 is 1.30 bits per heavy atom. The van der Waals surface area contributed by atoms with Crippen LogP contribution in [0.5, 0.6) is 0 Å². The van der Waals surface area contributed by atoms with Crippen molar-refractivity contribution in [2.75, 3.05) is 0 Å². The summed E-state index contributed by atoms with van der Waals surface area (Å²) in [4.78, 5) is 24.4. The van der Waals surface area contributed by atoms with Crippen LogP contribution in [0.4, 0.5) is 4.79 Å². The second-order valence-corrected chi connectivity index (χ2v) is 7.02. The lowest BCUT2D eigenvalue weighted by atomic mass is 10.0. The zero-order valence-corrected chi connectivity index (χ0v) is 15.6. The minimum atomic E-state index is -0.736. The summed E-state index contributed by atoms with van der Waals surface area (Å²) in [6.07, 6.45) is -0.0831. The second-order valence-electron chi connectivity index (χ2n) is 5.64. The molecule has 27 heavy (non-hydrogen) atoms. The molecule has 0 radical (unpaired) electrons. The molecular weight excluding hydrogens is 390 g/mol. The molecule has 1 atom stereocenters. The molecule has 2 amide bonds. The molecule has 0 saturated heterocycles. The number of aromatic nitrogens is 1. The summed E-state index contributed by atoms with van der Waals surface area (Å²) < 4.78 is 10.5. The number of ether oxygens (including phenoxy) is 1. The standard InChI is InChI=1S/C18H16ClN3O4S/c19-12-5-3-11(4-6-12)14(21-18(20)24)9-17(23)25-10-13-8-15(26-22-13)16-2-1-7-27-16/h1-8,14H,9-10H2,(H3,20,21,24)/t14-/m1/s1. The highest BCUT2D eigenvalue weighted by Crippen LogP contribution is 2.25. The fraction of sp³-hybridized carbons (Fsp3) is 0.167. The summed E-state index contributed by atoms with van der Waals surface area (Å²) in [5.41, 5.74) is 6.39. The number of benzene rings is 1. The fourth-order valence-electron chi connectivity index (χ4n) is 2.41. The molecular formula is C18H16ClN3O4S. The first-order valence-electron chi connectivity index (χ1n) is 7.98. The second kappa shape index (κ2) is 8.70. The quantitative estimate of drug-likeness (QED) is 0.579. The number of nitrogens with two attached hydrogens (primary N) is 1. The third-order valence-electron chi connectivity index (χ3n) is 3.66. The Hall–Kier alpha value is -2.84. The van der Waals surface area contributed by atoms with Gasteiger partial charge in [-0.2, -0.15) is 0 Å². The van der Waals surface area contributed by atoms with Crippen molar-refractivity contribution < 1.29 is 18.8 Å². The minimum Gasteiger partial charge on any atom is -0.459 e. The maximum Gasteiger partial charge on any atom is 0.312 e. The van der Waals surface area contributed by atoms with Crippen molar-refractivity contribution in [3.8, 4) is 10.6 Å². The average molecular weight is 406 g/mol. The van der Waals surface area contributed by atoms with Crippen molar-refractivity contribution in [3.63, 3.8) is 0 Å². The van der Waals surface area contributed by atoms with E-state index in [2.05, 4.69) is 10.5 Å². The van der Waals surface area contributed by atoms with Crippen molar-refractivity contribution in [2.45, 2.75) is 19.1 Å². The van der Waals surface area contributed by atoms with Gasteiger partial charge in [-0.05, 0) is 29.1 Å². The summed E-state index contributed by atoms with van der Waals surface area (Å²) in [5, 5.41) is 8.90. The van der Waals surface area contributed by atoms with Crippen LogP contribution in [0.1, 0.15) is 23.7 Å². The van der Waals surface area contributed by atoms with E-state index >= 15 is 0 Å². The first kappa shape index (κ1) is 18.9. The number of urea groups is 1. The molecule has 7 nitrogen and oxygen atoms in total. The molecule has 3 N–H and O–H groups in total. The fourth-order valence-corrected chi connectivity index (χ4v) is 3.21. The number of carbonyl (C=O) groups excluding carboxylic acids is 2. The predicted molar refractivity (Wildman–Crippen MR) is 101 cm³/mol. The number of hydrogen-bond donors (Lipinski definition) is 2. The SMILES string of the molecule is NC(=O)N[C@H](CC(=O)OCc1cc(-c2cccs2)on1)c1ccc(Cl)cc1. The Labute approximate surface area is 164 Å². The van der Waals surface area contributed by atoms with Gasteiger partial charge >= 0.3 is 12.0 Å². The van der Waals surface area contributed by atoms with Crippen LogP contribution in [0.3, 0.4) is 0 Å². The summed E-state index contributed by atoms with van der Waals surface area (Å²) in [6, 6.07) is 10.9. The van der Waals surface area contributed by atoms with Gasteiger partial charge < -0.3 is 20.3 Å². The smallest absolute Gasteiger partial charge is 0.312 e. The molecule has 3 rings (SSSR count). The molecule has 2 heterocycles. The number of amides is 2. The summed E-state index contributed by atoms with van der Waals surface area (Å²) >= 11 is 7.39. The lowest BCUT2D eigenvalue weighted by Gasteiger charge is -2.17. The number of thiophene rings is 1. The monoisotopic (exact) mass is 405 g/mol. The molecule has 0 aliphatic carbocycles. The molecule has 0 aliphatic heterocycles. The Kier molecular flexibility index (Phi) is 6.10. The maximum atomic E-state index is 12.2. The first-order chi connectivity index (χ1) is 13.0. The van der Waals surface area contributed by atoms with Crippen LogP contribution in [0, 0.1) is 0 Å². The van der Waals surface area contributed by atoms with Crippen molar-refractivity contribution in [1.29, 1.82) is 0 Å². The van der Waals surface area contributed by atoms with E-state index in [1.54, 1.807) is 30.3 Å².